The van der Waals surface area contributed by atoms with Crippen LogP contribution in [0, 0.1) is 11.8 Å². The van der Waals surface area contributed by atoms with Crippen LogP contribution in [-0.2, 0) is 60.5 Å². The summed E-state index contributed by atoms with van der Waals surface area (Å²) in [7, 11) is 2.84. The molecule has 11 nitrogen and oxygen atoms in total. The molecule has 1 fully saturated rings. The molecule has 0 aromatic heterocycles. The van der Waals surface area contributed by atoms with Crippen molar-refractivity contribution in [2.45, 2.75) is 123 Å². The smallest absolute Gasteiger partial charge is 0.374 e. The van der Waals surface area contributed by atoms with Crippen molar-refractivity contribution in [3.8, 4) is 16.9 Å². The molecule has 2 aromatic carbocycles. The average Bonchev–Trinajstić information content (AvgIpc) is 3.25. The first kappa shape index (κ1) is 49.0. The van der Waals surface area contributed by atoms with Crippen LogP contribution in [0.5, 0.6) is 5.75 Å². The first-order chi connectivity index (χ1) is 28.5. The zero-order valence-electron chi connectivity index (χ0n) is 36.2. The van der Waals surface area contributed by atoms with Crippen molar-refractivity contribution in [2.24, 2.45) is 11.8 Å². The number of unbranched alkanes of at least 4 members (excludes halogenated alkanes) is 4. The van der Waals surface area contributed by atoms with Gasteiger partial charge in [0, 0.05) is 32.6 Å². The zero-order chi connectivity index (χ0) is 43.0. The van der Waals surface area contributed by atoms with Crippen molar-refractivity contribution in [3.05, 3.63) is 65.2 Å². The molecule has 3 rings (SSSR count). The lowest BCUT2D eigenvalue weighted by Gasteiger charge is -2.29. The molecule has 0 unspecified atom stereocenters. The maximum absolute atomic E-state index is 12.4. The summed E-state index contributed by atoms with van der Waals surface area (Å²) in [5.74, 6) is -2.76. The minimum atomic E-state index is -1.04. The summed E-state index contributed by atoms with van der Waals surface area (Å²) in [6.45, 7) is 9.37. The molecule has 0 spiro atoms. The topological polar surface area (TPSA) is 141 Å². The Morgan fingerprint density at radius 3 is 1.93 bits per heavy atom. The van der Waals surface area contributed by atoms with Gasteiger partial charge in [-0.1, -0.05) is 83.2 Å². The first-order valence-electron chi connectivity index (χ1n) is 21.6. The minimum Gasteiger partial charge on any atom is -0.493 e. The SMILES string of the molecule is C=C(C)C(=O)OCCCc1cc(-c2ccc(C3CCC(CCCCCCC)CC3)cc2CC)ccc1OCC(COC(=O)C(=O)CCOC)COC(=O)C(=O)CCOC. The Balaban J connectivity index is 1.80. The Morgan fingerprint density at radius 2 is 1.34 bits per heavy atom. The van der Waals surface area contributed by atoms with Gasteiger partial charge in [0.15, 0.2) is 0 Å². The number of carbonyl (C=O) groups is 5. The lowest BCUT2D eigenvalue weighted by atomic mass is 9.76. The number of hydrogen-bond acceptors (Lipinski definition) is 11. The highest BCUT2D eigenvalue weighted by molar-refractivity contribution is 6.34. The Labute approximate surface area is 351 Å². The van der Waals surface area contributed by atoms with E-state index in [9.17, 15) is 24.0 Å². The number of carbonyl (C=O) groups excluding carboxylic acids is 5. The predicted molar refractivity (Wildman–Crippen MR) is 227 cm³/mol. The Morgan fingerprint density at radius 1 is 0.695 bits per heavy atom. The number of Topliss-reactive ketones (excluding diaryl/α,β-unsaturated/α-hetero) is 2. The maximum atomic E-state index is 12.4. The molecule has 326 valence electrons. The minimum absolute atomic E-state index is 0.0634. The second kappa shape index (κ2) is 27.4. The van der Waals surface area contributed by atoms with E-state index in [4.69, 9.17) is 28.4 Å². The highest BCUT2D eigenvalue weighted by atomic mass is 16.6. The standard InChI is InChI=1S/C48H68O11/c1-7-9-10-11-12-14-35-16-18-38(19-17-35)39-20-22-42(37(8-2)29-39)40-21-23-45(41(30-40)15-13-26-56-46(51)34(3)4)57-31-36(32-58-47(52)43(49)24-27-54-5)33-59-48(53)44(50)25-28-55-6/h20-23,29-30,35-36,38H,3,7-19,24-28,31-33H2,1-2,4-6H3. The largest absolute Gasteiger partial charge is 0.493 e. The second-order valence-corrected chi connectivity index (χ2v) is 15.7. The lowest BCUT2D eigenvalue weighted by molar-refractivity contribution is -0.159. The Bertz CT molecular complexity index is 1620. The van der Waals surface area contributed by atoms with E-state index in [1.165, 1.54) is 89.6 Å². The van der Waals surface area contributed by atoms with Crippen LogP contribution < -0.4 is 4.74 Å². The van der Waals surface area contributed by atoms with Crippen molar-refractivity contribution < 1.29 is 52.4 Å². The third kappa shape index (κ3) is 17.4. The van der Waals surface area contributed by atoms with Gasteiger partial charge in [-0.15, -0.1) is 0 Å². The zero-order valence-corrected chi connectivity index (χ0v) is 36.2. The first-order valence-corrected chi connectivity index (χ1v) is 21.6. The maximum Gasteiger partial charge on any atom is 0.374 e. The molecule has 0 heterocycles. The molecule has 59 heavy (non-hydrogen) atoms. The van der Waals surface area contributed by atoms with Gasteiger partial charge in [-0.25, -0.2) is 14.4 Å². The van der Waals surface area contributed by atoms with Crippen LogP contribution in [0.25, 0.3) is 11.1 Å². The number of ether oxygens (including phenoxy) is 6. The molecule has 0 radical (unpaired) electrons. The van der Waals surface area contributed by atoms with Crippen LogP contribution in [0.1, 0.15) is 127 Å². The molecule has 1 saturated carbocycles. The molecule has 2 aromatic rings. The third-order valence-corrected chi connectivity index (χ3v) is 11.0. The summed E-state index contributed by atoms with van der Waals surface area (Å²) in [6.07, 6.45) is 14.8. The van der Waals surface area contributed by atoms with E-state index in [0.717, 1.165) is 29.0 Å². The number of rotatable bonds is 29. The molecule has 11 heteroatoms. The van der Waals surface area contributed by atoms with Crippen LogP contribution in [-0.4, -0.2) is 83.3 Å². The van der Waals surface area contributed by atoms with Gasteiger partial charge in [0.1, 0.15) is 19.0 Å². The van der Waals surface area contributed by atoms with Crippen LogP contribution >= 0.6 is 0 Å². The molecule has 0 aliphatic heterocycles. The number of aryl methyl sites for hydroxylation is 2. The Hall–Kier alpha value is -4.35. The highest BCUT2D eigenvalue weighted by Gasteiger charge is 2.25. The summed E-state index contributed by atoms with van der Waals surface area (Å²) in [4.78, 5) is 61.3. The monoisotopic (exact) mass is 820 g/mol. The molecular weight excluding hydrogens is 753 g/mol. The predicted octanol–water partition coefficient (Wildman–Crippen LogP) is 8.89. The molecule has 0 bridgehead atoms. The second-order valence-electron chi connectivity index (χ2n) is 15.7. The van der Waals surface area contributed by atoms with Gasteiger partial charge in [0.05, 0.1) is 32.3 Å². The molecule has 0 amide bonds. The summed E-state index contributed by atoms with van der Waals surface area (Å²) < 4.78 is 32.0. The van der Waals surface area contributed by atoms with Crippen molar-refractivity contribution in [2.75, 3.05) is 53.9 Å². The van der Waals surface area contributed by atoms with Crippen molar-refractivity contribution >= 4 is 29.5 Å². The average molecular weight is 821 g/mol. The molecule has 0 atom stereocenters. The molecule has 1 aliphatic rings. The fraction of sp³-hybridized carbons (Fsp3) is 0.604. The molecule has 0 N–H and O–H groups in total. The molecular formula is C48H68O11. The number of benzene rings is 2. The summed E-state index contributed by atoms with van der Waals surface area (Å²) in [6, 6.07) is 12.9. The highest BCUT2D eigenvalue weighted by Crippen LogP contribution is 2.40. The van der Waals surface area contributed by atoms with Gasteiger partial charge in [0.25, 0.3) is 0 Å². The van der Waals surface area contributed by atoms with E-state index in [0.29, 0.717) is 30.1 Å². The van der Waals surface area contributed by atoms with E-state index >= 15 is 0 Å². The van der Waals surface area contributed by atoms with Crippen LogP contribution in [0.4, 0.5) is 0 Å². The van der Waals surface area contributed by atoms with Gasteiger partial charge in [-0.2, -0.15) is 0 Å². The van der Waals surface area contributed by atoms with Crippen LogP contribution in [0.2, 0.25) is 0 Å². The number of methoxy groups -OCH3 is 2. The van der Waals surface area contributed by atoms with E-state index in [1.807, 2.05) is 12.1 Å². The third-order valence-electron chi connectivity index (χ3n) is 11.0. The summed E-state index contributed by atoms with van der Waals surface area (Å²) in [5.41, 5.74) is 6.06. The van der Waals surface area contributed by atoms with E-state index < -0.39 is 35.4 Å². The summed E-state index contributed by atoms with van der Waals surface area (Å²) in [5, 5.41) is 0. The van der Waals surface area contributed by atoms with E-state index in [2.05, 4.69) is 44.7 Å². The van der Waals surface area contributed by atoms with Crippen LogP contribution in [0.15, 0.2) is 48.6 Å². The van der Waals surface area contributed by atoms with Gasteiger partial charge in [0.2, 0.25) is 11.6 Å². The number of esters is 3. The van der Waals surface area contributed by atoms with Gasteiger partial charge in [-0.3, -0.25) is 9.59 Å². The van der Waals surface area contributed by atoms with Crippen LogP contribution in [0.3, 0.4) is 0 Å². The van der Waals surface area contributed by atoms with Gasteiger partial charge < -0.3 is 28.4 Å². The molecule has 1 aliphatic carbocycles. The van der Waals surface area contributed by atoms with Crippen molar-refractivity contribution in [3.63, 3.8) is 0 Å². The number of ketones is 2. The van der Waals surface area contributed by atoms with Crippen molar-refractivity contribution in [1.29, 1.82) is 0 Å². The number of hydrogen-bond donors (Lipinski definition) is 0. The van der Waals surface area contributed by atoms with Gasteiger partial charge in [-0.05, 0) is 104 Å². The van der Waals surface area contributed by atoms with Gasteiger partial charge >= 0.3 is 17.9 Å². The van der Waals surface area contributed by atoms with E-state index in [1.54, 1.807) is 6.92 Å². The van der Waals surface area contributed by atoms with E-state index in [-0.39, 0.29) is 52.5 Å². The normalized spacial score (nSPS) is 15.1. The molecule has 0 saturated heterocycles. The lowest BCUT2D eigenvalue weighted by Crippen LogP contribution is -2.30. The summed E-state index contributed by atoms with van der Waals surface area (Å²) >= 11 is 0. The Kier molecular flexibility index (Phi) is 22.8. The quantitative estimate of drug-likeness (QED) is 0.0256. The fourth-order valence-electron chi connectivity index (χ4n) is 7.39. The fourth-order valence-corrected chi connectivity index (χ4v) is 7.39. The van der Waals surface area contributed by atoms with Crippen molar-refractivity contribution in [1.82, 2.24) is 0 Å².